The van der Waals surface area contributed by atoms with Crippen LogP contribution in [0.1, 0.15) is 17.7 Å². The number of rotatable bonds is 4. The Morgan fingerprint density at radius 3 is 2.68 bits per heavy atom. The van der Waals surface area contributed by atoms with Crippen molar-refractivity contribution in [3.05, 3.63) is 47.0 Å². The normalized spacial score (nSPS) is 10.4. The van der Waals surface area contributed by atoms with Gasteiger partial charge in [-0.1, -0.05) is 11.6 Å². The first-order valence-electron chi connectivity index (χ1n) is 5.92. The lowest BCUT2D eigenvalue weighted by atomic mass is 10.0. The van der Waals surface area contributed by atoms with Gasteiger partial charge in [-0.2, -0.15) is 0 Å². The first-order chi connectivity index (χ1) is 9.08. The van der Waals surface area contributed by atoms with Gasteiger partial charge in [0.25, 0.3) is 0 Å². The molecule has 98 valence electrons. The predicted molar refractivity (Wildman–Crippen MR) is 74.7 cm³/mol. The molecule has 2 heterocycles. The molecule has 1 amide bonds. The SMILES string of the molecule is Cc1nc(Cl)c(CCC(N)=O)cc1-c1ccncc1. The lowest BCUT2D eigenvalue weighted by Crippen LogP contribution is -2.11. The van der Waals surface area contributed by atoms with Crippen LogP contribution in [0.5, 0.6) is 0 Å². The molecule has 0 bridgehead atoms. The molecule has 0 atom stereocenters. The van der Waals surface area contributed by atoms with Crippen LogP contribution in [0.2, 0.25) is 5.15 Å². The minimum Gasteiger partial charge on any atom is -0.370 e. The van der Waals surface area contributed by atoms with E-state index in [4.69, 9.17) is 17.3 Å². The van der Waals surface area contributed by atoms with Gasteiger partial charge in [0.15, 0.2) is 0 Å². The molecule has 2 N–H and O–H groups in total. The molecule has 0 fully saturated rings. The summed E-state index contributed by atoms with van der Waals surface area (Å²) < 4.78 is 0. The van der Waals surface area contributed by atoms with Gasteiger partial charge >= 0.3 is 0 Å². The van der Waals surface area contributed by atoms with Crippen LogP contribution in [0.25, 0.3) is 11.1 Å². The highest BCUT2D eigenvalue weighted by molar-refractivity contribution is 6.30. The zero-order valence-electron chi connectivity index (χ0n) is 10.6. The van der Waals surface area contributed by atoms with E-state index < -0.39 is 0 Å². The van der Waals surface area contributed by atoms with Crippen LogP contribution in [0.3, 0.4) is 0 Å². The summed E-state index contributed by atoms with van der Waals surface area (Å²) in [5, 5.41) is 0.427. The minimum atomic E-state index is -0.345. The maximum absolute atomic E-state index is 10.9. The summed E-state index contributed by atoms with van der Waals surface area (Å²) in [5.41, 5.74) is 8.85. The maximum Gasteiger partial charge on any atom is 0.217 e. The van der Waals surface area contributed by atoms with Crippen molar-refractivity contribution in [1.29, 1.82) is 0 Å². The summed E-state index contributed by atoms with van der Waals surface area (Å²) in [5.74, 6) is -0.345. The third-order valence-corrected chi connectivity index (χ3v) is 3.20. The Morgan fingerprint density at radius 1 is 1.37 bits per heavy atom. The van der Waals surface area contributed by atoms with Crippen molar-refractivity contribution in [2.24, 2.45) is 5.73 Å². The summed E-state index contributed by atoms with van der Waals surface area (Å²) >= 11 is 6.10. The van der Waals surface area contributed by atoms with Crippen molar-refractivity contribution in [2.45, 2.75) is 19.8 Å². The Bertz CT molecular complexity index is 599. The van der Waals surface area contributed by atoms with E-state index >= 15 is 0 Å². The Kier molecular flexibility index (Phi) is 4.12. The van der Waals surface area contributed by atoms with E-state index in [-0.39, 0.29) is 12.3 Å². The maximum atomic E-state index is 10.9. The average molecular weight is 276 g/mol. The van der Waals surface area contributed by atoms with Crippen LogP contribution in [0, 0.1) is 6.92 Å². The van der Waals surface area contributed by atoms with Gasteiger partial charge in [0.1, 0.15) is 5.15 Å². The van der Waals surface area contributed by atoms with E-state index in [1.165, 1.54) is 0 Å². The quantitative estimate of drug-likeness (QED) is 0.872. The lowest BCUT2D eigenvalue weighted by molar-refractivity contribution is -0.117. The number of hydrogen-bond acceptors (Lipinski definition) is 3. The average Bonchev–Trinajstić information content (AvgIpc) is 2.38. The Labute approximate surface area is 116 Å². The molecule has 0 spiro atoms. The van der Waals surface area contributed by atoms with Crippen LogP contribution in [0.4, 0.5) is 0 Å². The molecule has 2 aromatic heterocycles. The zero-order valence-corrected chi connectivity index (χ0v) is 11.3. The third kappa shape index (κ3) is 3.29. The highest BCUT2D eigenvalue weighted by atomic mass is 35.5. The minimum absolute atomic E-state index is 0.264. The molecule has 0 aliphatic carbocycles. The molecule has 19 heavy (non-hydrogen) atoms. The molecule has 0 aliphatic heterocycles. The number of carbonyl (C=O) groups is 1. The first kappa shape index (κ1) is 13.5. The van der Waals surface area contributed by atoms with Crippen molar-refractivity contribution >= 4 is 17.5 Å². The summed E-state index contributed by atoms with van der Waals surface area (Å²) in [7, 11) is 0. The molecule has 0 unspecified atom stereocenters. The van der Waals surface area contributed by atoms with Gasteiger partial charge in [-0.3, -0.25) is 9.78 Å². The van der Waals surface area contributed by atoms with E-state index in [9.17, 15) is 4.79 Å². The number of primary amides is 1. The van der Waals surface area contributed by atoms with Crippen LogP contribution < -0.4 is 5.73 Å². The van der Waals surface area contributed by atoms with Crippen molar-refractivity contribution in [3.63, 3.8) is 0 Å². The fraction of sp³-hybridized carbons (Fsp3) is 0.214. The largest absolute Gasteiger partial charge is 0.370 e. The first-order valence-corrected chi connectivity index (χ1v) is 6.30. The van der Waals surface area contributed by atoms with E-state index in [2.05, 4.69) is 9.97 Å². The summed E-state index contributed by atoms with van der Waals surface area (Å²) in [4.78, 5) is 19.2. The molecule has 4 nitrogen and oxygen atoms in total. The smallest absolute Gasteiger partial charge is 0.217 e. The van der Waals surface area contributed by atoms with Gasteiger partial charge < -0.3 is 5.73 Å². The fourth-order valence-corrected chi connectivity index (χ4v) is 2.15. The highest BCUT2D eigenvalue weighted by Gasteiger charge is 2.10. The molecule has 2 aromatic rings. The predicted octanol–water partition coefficient (Wildman–Crippen LogP) is 2.52. The zero-order chi connectivity index (χ0) is 13.8. The Morgan fingerprint density at radius 2 is 2.05 bits per heavy atom. The van der Waals surface area contributed by atoms with Crippen molar-refractivity contribution in [3.8, 4) is 11.1 Å². The third-order valence-electron chi connectivity index (χ3n) is 2.87. The lowest BCUT2D eigenvalue weighted by Gasteiger charge is -2.10. The molecule has 0 saturated carbocycles. The molecule has 2 rings (SSSR count). The second-order valence-electron chi connectivity index (χ2n) is 4.27. The topological polar surface area (TPSA) is 68.9 Å². The van der Waals surface area contributed by atoms with E-state index in [0.717, 1.165) is 22.4 Å². The second-order valence-corrected chi connectivity index (χ2v) is 4.63. The van der Waals surface area contributed by atoms with Crippen molar-refractivity contribution in [1.82, 2.24) is 9.97 Å². The number of halogens is 1. The van der Waals surface area contributed by atoms with E-state index in [1.807, 2.05) is 25.1 Å². The number of pyridine rings is 2. The molecule has 5 heteroatoms. The molecule has 0 aromatic carbocycles. The Balaban J connectivity index is 2.39. The number of aryl methyl sites for hydroxylation is 2. The number of aromatic nitrogens is 2. The highest BCUT2D eigenvalue weighted by Crippen LogP contribution is 2.26. The van der Waals surface area contributed by atoms with Crippen LogP contribution in [-0.4, -0.2) is 15.9 Å². The number of nitrogens with zero attached hydrogens (tertiary/aromatic N) is 2. The standard InChI is InChI=1S/C14H14ClN3O/c1-9-12(10-4-6-17-7-5-10)8-11(14(15)18-9)2-3-13(16)19/h4-8H,2-3H2,1H3,(H2,16,19). The molecular weight excluding hydrogens is 262 g/mol. The van der Waals surface area contributed by atoms with Gasteiger partial charge in [0, 0.05) is 30.1 Å². The number of nitrogens with two attached hydrogens (primary N) is 1. The number of hydrogen-bond donors (Lipinski definition) is 1. The molecular formula is C14H14ClN3O. The summed E-state index contributed by atoms with van der Waals surface area (Å²) in [6.07, 6.45) is 4.22. The van der Waals surface area contributed by atoms with E-state index in [0.29, 0.717) is 11.6 Å². The fourth-order valence-electron chi connectivity index (χ4n) is 1.87. The molecule has 0 aliphatic rings. The summed E-state index contributed by atoms with van der Waals surface area (Å²) in [6, 6.07) is 5.79. The number of carbonyl (C=O) groups excluding carboxylic acids is 1. The van der Waals surface area contributed by atoms with Crippen molar-refractivity contribution in [2.75, 3.05) is 0 Å². The number of amides is 1. The van der Waals surface area contributed by atoms with Gasteiger partial charge in [0.2, 0.25) is 5.91 Å². The van der Waals surface area contributed by atoms with Crippen LogP contribution in [-0.2, 0) is 11.2 Å². The summed E-state index contributed by atoms with van der Waals surface area (Å²) in [6.45, 7) is 1.90. The van der Waals surface area contributed by atoms with Gasteiger partial charge in [0.05, 0.1) is 0 Å². The van der Waals surface area contributed by atoms with Gasteiger partial charge in [-0.05, 0) is 42.7 Å². The molecule has 0 radical (unpaired) electrons. The van der Waals surface area contributed by atoms with Gasteiger partial charge in [-0.15, -0.1) is 0 Å². The second kappa shape index (κ2) is 5.80. The monoisotopic (exact) mass is 275 g/mol. The van der Waals surface area contributed by atoms with Crippen LogP contribution >= 0.6 is 11.6 Å². The van der Waals surface area contributed by atoms with Crippen LogP contribution in [0.15, 0.2) is 30.6 Å². The Hall–Kier alpha value is -1.94. The van der Waals surface area contributed by atoms with Gasteiger partial charge in [-0.25, -0.2) is 4.98 Å². The van der Waals surface area contributed by atoms with E-state index in [1.54, 1.807) is 12.4 Å². The molecule has 0 saturated heterocycles. The van der Waals surface area contributed by atoms with Crippen molar-refractivity contribution < 1.29 is 4.79 Å².